The van der Waals surface area contributed by atoms with E-state index in [0.29, 0.717) is 5.95 Å². The van der Waals surface area contributed by atoms with Crippen molar-refractivity contribution in [1.82, 2.24) is 19.7 Å². The summed E-state index contributed by atoms with van der Waals surface area (Å²) in [7, 11) is 0. The monoisotopic (exact) mass is 393 g/mol. The molecule has 4 aromatic rings. The summed E-state index contributed by atoms with van der Waals surface area (Å²) in [6.07, 6.45) is 5.00. The van der Waals surface area contributed by atoms with E-state index >= 15 is 0 Å². The van der Waals surface area contributed by atoms with Crippen LogP contribution < -0.4 is 10.1 Å². The van der Waals surface area contributed by atoms with Gasteiger partial charge in [-0.05, 0) is 36.2 Å². The quantitative estimate of drug-likeness (QED) is 0.542. The zero-order chi connectivity index (χ0) is 20.1. The number of rotatable bonds is 2. The number of fused-ring (bicyclic) bond motifs is 3. The third-order valence-electron chi connectivity index (χ3n) is 5.67. The molecular weight excluding hydrogens is 374 g/mol. The normalized spacial score (nSPS) is 19.2. The molecule has 0 saturated carbocycles. The van der Waals surface area contributed by atoms with E-state index in [4.69, 9.17) is 4.74 Å². The number of hydrogen-bond donors (Lipinski definition) is 1. The van der Waals surface area contributed by atoms with Gasteiger partial charge < -0.3 is 10.1 Å². The van der Waals surface area contributed by atoms with Crippen molar-refractivity contribution in [1.29, 1.82) is 0 Å². The molecule has 0 radical (unpaired) electrons. The summed E-state index contributed by atoms with van der Waals surface area (Å²) in [6, 6.07) is 20.5. The van der Waals surface area contributed by atoms with Gasteiger partial charge in [0.15, 0.2) is 0 Å². The highest BCUT2D eigenvalue weighted by atomic mass is 16.5. The molecule has 2 aliphatic rings. The summed E-state index contributed by atoms with van der Waals surface area (Å²) in [5, 5.41) is 8.05. The van der Waals surface area contributed by atoms with Crippen LogP contribution in [0.5, 0.6) is 5.75 Å². The molecule has 2 aliphatic heterocycles. The van der Waals surface area contributed by atoms with Crippen LogP contribution >= 0.6 is 0 Å². The lowest BCUT2D eigenvalue weighted by Gasteiger charge is -2.38. The fraction of sp³-hybridized carbons (Fsp3) is 0.125. The van der Waals surface area contributed by atoms with E-state index in [0.717, 1.165) is 33.7 Å². The Bertz CT molecular complexity index is 1280. The Morgan fingerprint density at radius 2 is 1.90 bits per heavy atom. The second kappa shape index (κ2) is 6.56. The Labute approximate surface area is 173 Å². The molecule has 2 aromatic heterocycles. The molecule has 30 heavy (non-hydrogen) atoms. The van der Waals surface area contributed by atoms with E-state index < -0.39 is 0 Å². The van der Waals surface area contributed by atoms with Crippen LogP contribution in [0.25, 0.3) is 5.70 Å². The zero-order valence-electron chi connectivity index (χ0n) is 16.4. The van der Waals surface area contributed by atoms with Crippen LogP contribution in [-0.2, 0) is 0 Å². The molecule has 146 valence electrons. The van der Waals surface area contributed by atoms with Crippen molar-refractivity contribution in [3.05, 3.63) is 107 Å². The average Bonchev–Trinajstić information content (AvgIpc) is 3.26. The van der Waals surface area contributed by atoms with E-state index in [1.54, 1.807) is 12.5 Å². The van der Waals surface area contributed by atoms with Crippen molar-refractivity contribution in [2.24, 2.45) is 0 Å². The van der Waals surface area contributed by atoms with Crippen molar-refractivity contribution < 1.29 is 4.74 Å². The fourth-order valence-electron chi connectivity index (χ4n) is 4.38. The summed E-state index contributed by atoms with van der Waals surface area (Å²) in [6.45, 7) is 2.10. The zero-order valence-corrected chi connectivity index (χ0v) is 16.4. The lowest BCUT2D eigenvalue weighted by Crippen LogP contribution is -2.32. The Morgan fingerprint density at radius 1 is 1.00 bits per heavy atom. The minimum atomic E-state index is -0.259. The molecule has 0 aliphatic carbocycles. The largest absolute Gasteiger partial charge is 0.480 e. The van der Waals surface area contributed by atoms with Crippen LogP contribution in [0.2, 0.25) is 0 Å². The van der Waals surface area contributed by atoms with Crippen LogP contribution in [0.15, 0.2) is 85.0 Å². The number of nitrogens with zero attached hydrogens (tertiary/aromatic N) is 4. The SMILES string of the molecule is Cc1cccc([C@@H]2Oc3ccccc3C3=C2[C@H](c2cccnc2)n2ncnc2N3)c1. The first-order valence-corrected chi connectivity index (χ1v) is 9.93. The molecule has 0 saturated heterocycles. The third kappa shape index (κ3) is 2.54. The number of anilines is 1. The Balaban J connectivity index is 1.64. The van der Waals surface area contributed by atoms with Crippen molar-refractivity contribution in [2.75, 3.05) is 5.32 Å². The van der Waals surface area contributed by atoms with Crippen molar-refractivity contribution in [3.63, 3.8) is 0 Å². The number of benzene rings is 2. The summed E-state index contributed by atoms with van der Waals surface area (Å²) < 4.78 is 8.52. The smallest absolute Gasteiger partial charge is 0.226 e. The standard InChI is InChI=1S/C24H19N5O/c1-15-6-4-7-16(12-15)23-20-21(18-9-2-3-10-19(18)30-23)28-24-26-14-27-29(24)22(20)17-8-5-11-25-13-17/h2-14,22-23H,1H3,(H,26,27,28)/t22-,23-/m0/s1. The Morgan fingerprint density at radius 3 is 2.77 bits per heavy atom. The molecule has 2 aromatic carbocycles. The van der Waals surface area contributed by atoms with Gasteiger partial charge in [0.05, 0.1) is 5.70 Å². The second-order valence-corrected chi connectivity index (χ2v) is 7.58. The molecule has 0 amide bonds. The first kappa shape index (κ1) is 17.0. The highest BCUT2D eigenvalue weighted by molar-refractivity contribution is 5.85. The molecule has 6 nitrogen and oxygen atoms in total. The minimum Gasteiger partial charge on any atom is -0.480 e. The van der Waals surface area contributed by atoms with Gasteiger partial charge in [-0.25, -0.2) is 4.68 Å². The number of hydrogen-bond acceptors (Lipinski definition) is 5. The molecule has 0 spiro atoms. The third-order valence-corrected chi connectivity index (χ3v) is 5.67. The van der Waals surface area contributed by atoms with E-state index in [1.165, 1.54) is 5.56 Å². The van der Waals surface area contributed by atoms with E-state index in [-0.39, 0.29) is 12.1 Å². The first-order valence-electron chi connectivity index (χ1n) is 9.93. The van der Waals surface area contributed by atoms with Gasteiger partial charge in [-0.3, -0.25) is 4.98 Å². The summed E-state index contributed by atoms with van der Waals surface area (Å²) in [4.78, 5) is 8.82. The molecule has 0 bridgehead atoms. The predicted molar refractivity (Wildman–Crippen MR) is 114 cm³/mol. The van der Waals surface area contributed by atoms with Gasteiger partial charge in [-0.1, -0.05) is 48.0 Å². The molecule has 6 heteroatoms. The van der Waals surface area contributed by atoms with Crippen molar-refractivity contribution in [2.45, 2.75) is 19.1 Å². The van der Waals surface area contributed by atoms with Gasteiger partial charge in [-0.15, -0.1) is 0 Å². The maximum absolute atomic E-state index is 6.61. The number of nitrogens with one attached hydrogen (secondary N) is 1. The van der Waals surface area contributed by atoms with Gasteiger partial charge in [0.2, 0.25) is 5.95 Å². The van der Waals surface area contributed by atoms with Gasteiger partial charge in [0.1, 0.15) is 24.2 Å². The summed E-state index contributed by atoms with van der Waals surface area (Å²) >= 11 is 0. The lowest BCUT2D eigenvalue weighted by atomic mass is 9.85. The van der Waals surface area contributed by atoms with Crippen LogP contribution in [0, 0.1) is 6.92 Å². The van der Waals surface area contributed by atoms with E-state index in [2.05, 4.69) is 63.7 Å². The highest BCUT2D eigenvalue weighted by Gasteiger charge is 2.40. The number of ether oxygens (including phenoxy) is 1. The average molecular weight is 393 g/mol. The molecule has 1 N–H and O–H groups in total. The van der Waals surface area contributed by atoms with Gasteiger partial charge in [0.25, 0.3) is 0 Å². The fourth-order valence-corrected chi connectivity index (χ4v) is 4.38. The predicted octanol–water partition coefficient (Wildman–Crippen LogP) is 4.54. The number of pyridine rings is 1. The molecular formula is C24H19N5O. The Kier molecular flexibility index (Phi) is 3.71. The molecule has 2 atom stereocenters. The topological polar surface area (TPSA) is 64.9 Å². The maximum Gasteiger partial charge on any atom is 0.226 e. The molecule has 6 rings (SSSR count). The maximum atomic E-state index is 6.61. The number of aromatic nitrogens is 4. The summed E-state index contributed by atoms with van der Waals surface area (Å²) in [5.74, 6) is 1.57. The summed E-state index contributed by atoms with van der Waals surface area (Å²) in [5.41, 5.74) is 6.50. The van der Waals surface area contributed by atoms with Crippen LogP contribution in [0.4, 0.5) is 5.95 Å². The van der Waals surface area contributed by atoms with Crippen LogP contribution in [0.1, 0.15) is 34.4 Å². The second-order valence-electron chi connectivity index (χ2n) is 7.58. The van der Waals surface area contributed by atoms with Crippen molar-refractivity contribution in [3.8, 4) is 5.75 Å². The number of aryl methyl sites for hydroxylation is 1. The highest BCUT2D eigenvalue weighted by Crippen LogP contribution is 2.50. The molecule has 0 unspecified atom stereocenters. The van der Waals surface area contributed by atoms with E-state index in [1.807, 2.05) is 35.1 Å². The van der Waals surface area contributed by atoms with Gasteiger partial charge in [0, 0.05) is 23.5 Å². The molecule has 0 fully saturated rings. The molecule has 4 heterocycles. The Hall–Kier alpha value is -3.93. The lowest BCUT2D eigenvalue weighted by molar-refractivity contribution is 0.223. The van der Waals surface area contributed by atoms with E-state index in [9.17, 15) is 0 Å². The van der Waals surface area contributed by atoms with Gasteiger partial charge in [-0.2, -0.15) is 10.1 Å². The van der Waals surface area contributed by atoms with Gasteiger partial charge >= 0.3 is 0 Å². The minimum absolute atomic E-state index is 0.175. The van der Waals surface area contributed by atoms with Crippen LogP contribution in [0.3, 0.4) is 0 Å². The number of para-hydroxylation sites is 1. The van der Waals surface area contributed by atoms with Crippen LogP contribution in [-0.4, -0.2) is 19.7 Å². The van der Waals surface area contributed by atoms with Crippen molar-refractivity contribution >= 4 is 11.6 Å². The first-order chi connectivity index (χ1) is 14.8.